The minimum absolute atomic E-state index is 0.217. The molecule has 3 aromatic rings. The van der Waals surface area contributed by atoms with Gasteiger partial charge >= 0.3 is 0 Å². The monoisotopic (exact) mass is 394 g/mol. The Bertz CT molecular complexity index is 1100. The lowest BCUT2D eigenvalue weighted by molar-refractivity contribution is -0.117. The van der Waals surface area contributed by atoms with Gasteiger partial charge in [0.25, 0.3) is 11.8 Å². The van der Waals surface area contributed by atoms with Crippen LogP contribution >= 0.6 is 0 Å². The lowest BCUT2D eigenvalue weighted by Crippen LogP contribution is -2.33. The molecule has 3 rings (SSSR count). The SMILES string of the molecule is Cc1nc2c(cc1C(=O)NCc1ccc(C(=O)NCC(N)=O)cc1)c(C)nn2C. The number of nitrogens with one attached hydrogen (secondary N) is 2. The standard InChI is InChI=1S/C20H22N6O3/c1-11-16(8-15-12(2)25-26(3)18(15)24-11)20(29)22-9-13-4-6-14(7-5-13)19(28)23-10-17(21)27/h4-8H,9-10H2,1-3H3,(H2,21,27)(H,22,29)(H,23,28). The van der Waals surface area contributed by atoms with Gasteiger partial charge in [-0.1, -0.05) is 12.1 Å². The number of benzene rings is 1. The van der Waals surface area contributed by atoms with Gasteiger partial charge in [0.05, 0.1) is 23.5 Å². The number of aromatic nitrogens is 3. The molecule has 150 valence electrons. The Morgan fingerprint density at radius 2 is 1.72 bits per heavy atom. The number of hydrogen-bond donors (Lipinski definition) is 3. The summed E-state index contributed by atoms with van der Waals surface area (Å²) in [7, 11) is 1.82. The first-order chi connectivity index (χ1) is 13.8. The highest BCUT2D eigenvalue weighted by Crippen LogP contribution is 2.19. The Kier molecular flexibility index (Phi) is 5.58. The summed E-state index contributed by atoms with van der Waals surface area (Å²) in [6.07, 6.45) is 0. The summed E-state index contributed by atoms with van der Waals surface area (Å²) in [6, 6.07) is 8.52. The van der Waals surface area contributed by atoms with Gasteiger partial charge in [-0.05, 0) is 37.6 Å². The molecule has 0 saturated heterocycles. The maximum Gasteiger partial charge on any atom is 0.253 e. The zero-order chi connectivity index (χ0) is 21.1. The van der Waals surface area contributed by atoms with E-state index in [4.69, 9.17) is 5.73 Å². The predicted molar refractivity (Wildman–Crippen MR) is 107 cm³/mol. The van der Waals surface area contributed by atoms with Crippen molar-refractivity contribution >= 4 is 28.8 Å². The average Bonchev–Trinajstić information content (AvgIpc) is 2.96. The van der Waals surface area contributed by atoms with Crippen LogP contribution in [0.4, 0.5) is 0 Å². The van der Waals surface area contributed by atoms with Crippen molar-refractivity contribution in [3.63, 3.8) is 0 Å². The van der Waals surface area contributed by atoms with E-state index in [1.165, 1.54) is 0 Å². The van der Waals surface area contributed by atoms with Gasteiger partial charge in [-0.25, -0.2) is 4.98 Å². The molecular formula is C20H22N6O3. The first-order valence-electron chi connectivity index (χ1n) is 9.01. The maximum absolute atomic E-state index is 12.6. The maximum atomic E-state index is 12.6. The summed E-state index contributed by atoms with van der Waals surface area (Å²) in [5, 5.41) is 10.5. The molecule has 0 radical (unpaired) electrons. The second-order valence-corrected chi connectivity index (χ2v) is 6.73. The number of rotatable bonds is 6. The lowest BCUT2D eigenvalue weighted by Gasteiger charge is -2.09. The smallest absolute Gasteiger partial charge is 0.253 e. The number of carbonyl (C=O) groups excluding carboxylic acids is 3. The molecule has 0 spiro atoms. The third-order valence-corrected chi connectivity index (χ3v) is 4.53. The van der Waals surface area contributed by atoms with Crippen LogP contribution in [0, 0.1) is 13.8 Å². The molecule has 4 N–H and O–H groups in total. The van der Waals surface area contributed by atoms with E-state index in [-0.39, 0.29) is 18.4 Å². The fourth-order valence-corrected chi connectivity index (χ4v) is 2.98. The van der Waals surface area contributed by atoms with Gasteiger partial charge in [0.15, 0.2) is 5.65 Å². The molecule has 0 fully saturated rings. The normalized spacial score (nSPS) is 10.7. The van der Waals surface area contributed by atoms with E-state index in [0.717, 1.165) is 22.3 Å². The molecule has 0 atom stereocenters. The van der Waals surface area contributed by atoms with E-state index in [0.29, 0.717) is 23.4 Å². The van der Waals surface area contributed by atoms with Crippen molar-refractivity contribution < 1.29 is 14.4 Å². The Balaban J connectivity index is 1.67. The molecule has 0 aliphatic heterocycles. The molecular weight excluding hydrogens is 372 g/mol. The van der Waals surface area contributed by atoms with Gasteiger partial charge in [-0.3, -0.25) is 19.1 Å². The summed E-state index contributed by atoms with van der Waals surface area (Å²) in [4.78, 5) is 39.7. The lowest BCUT2D eigenvalue weighted by atomic mass is 10.1. The van der Waals surface area contributed by atoms with Crippen molar-refractivity contribution in [3.8, 4) is 0 Å². The van der Waals surface area contributed by atoms with Gasteiger partial charge in [0, 0.05) is 24.5 Å². The number of nitrogens with two attached hydrogens (primary N) is 1. The number of carbonyl (C=O) groups is 3. The molecule has 0 aliphatic rings. The number of fused-ring (bicyclic) bond motifs is 1. The van der Waals surface area contributed by atoms with Crippen LogP contribution in [0.15, 0.2) is 30.3 Å². The summed E-state index contributed by atoms with van der Waals surface area (Å²) in [6.45, 7) is 3.74. The summed E-state index contributed by atoms with van der Waals surface area (Å²) in [5.74, 6) is -1.23. The molecule has 0 unspecified atom stereocenters. The fraction of sp³-hybridized carbons (Fsp3) is 0.250. The van der Waals surface area contributed by atoms with Gasteiger partial charge in [0.2, 0.25) is 5.91 Å². The number of aryl methyl sites for hydroxylation is 3. The minimum atomic E-state index is -0.609. The fourth-order valence-electron chi connectivity index (χ4n) is 2.98. The van der Waals surface area contributed by atoms with Crippen molar-refractivity contribution in [2.45, 2.75) is 20.4 Å². The van der Waals surface area contributed by atoms with Gasteiger partial charge in [0.1, 0.15) is 0 Å². The zero-order valence-electron chi connectivity index (χ0n) is 16.4. The minimum Gasteiger partial charge on any atom is -0.368 e. The van der Waals surface area contributed by atoms with Crippen LogP contribution in [-0.2, 0) is 18.4 Å². The quantitative estimate of drug-likeness (QED) is 0.567. The highest BCUT2D eigenvalue weighted by atomic mass is 16.2. The van der Waals surface area contributed by atoms with Crippen LogP contribution in [-0.4, -0.2) is 39.0 Å². The third kappa shape index (κ3) is 4.40. The van der Waals surface area contributed by atoms with E-state index in [2.05, 4.69) is 20.7 Å². The topological polar surface area (TPSA) is 132 Å². The number of nitrogens with zero attached hydrogens (tertiary/aromatic N) is 3. The molecule has 0 aliphatic carbocycles. The van der Waals surface area contributed by atoms with Crippen LogP contribution in [0.5, 0.6) is 0 Å². The predicted octanol–water partition coefficient (Wildman–Crippen LogP) is 0.730. The largest absolute Gasteiger partial charge is 0.368 e. The van der Waals surface area contributed by atoms with E-state index in [1.807, 2.05) is 20.0 Å². The van der Waals surface area contributed by atoms with E-state index in [1.54, 1.807) is 35.9 Å². The second-order valence-electron chi connectivity index (χ2n) is 6.73. The van der Waals surface area contributed by atoms with Crippen LogP contribution in [0.1, 0.15) is 37.7 Å². The van der Waals surface area contributed by atoms with Crippen molar-refractivity contribution in [2.24, 2.45) is 12.8 Å². The number of primary amides is 1. The van der Waals surface area contributed by atoms with Gasteiger partial charge in [-0.2, -0.15) is 5.10 Å². The molecule has 29 heavy (non-hydrogen) atoms. The molecule has 0 saturated carbocycles. The zero-order valence-corrected chi connectivity index (χ0v) is 16.4. The van der Waals surface area contributed by atoms with E-state index < -0.39 is 5.91 Å². The number of amides is 3. The van der Waals surface area contributed by atoms with Gasteiger partial charge in [-0.15, -0.1) is 0 Å². The Morgan fingerprint density at radius 1 is 1.03 bits per heavy atom. The summed E-state index contributed by atoms with van der Waals surface area (Å²) in [5.41, 5.74) is 8.91. The summed E-state index contributed by atoms with van der Waals surface area (Å²) < 4.78 is 1.69. The Hall–Kier alpha value is -3.75. The Labute approximate surface area is 167 Å². The highest BCUT2D eigenvalue weighted by Gasteiger charge is 2.15. The molecule has 9 heteroatoms. The van der Waals surface area contributed by atoms with Crippen molar-refractivity contribution in [1.82, 2.24) is 25.4 Å². The number of hydrogen-bond acceptors (Lipinski definition) is 5. The van der Waals surface area contributed by atoms with Gasteiger partial charge < -0.3 is 16.4 Å². The average molecular weight is 394 g/mol. The molecule has 2 aromatic heterocycles. The number of pyridine rings is 1. The second kappa shape index (κ2) is 8.09. The first kappa shape index (κ1) is 20.0. The molecule has 9 nitrogen and oxygen atoms in total. The molecule has 0 bridgehead atoms. The van der Waals surface area contributed by atoms with Crippen LogP contribution in [0.2, 0.25) is 0 Å². The van der Waals surface area contributed by atoms with Crippen LogP contribution in [0.3, 0.4) is 0 Å². The molecule has 3 amide bonds. The van der Waals surface area contributed by atoms with E-state index in [9.17, 15) is 14.4 Å². The van der Waals surface area contributed by atoms with E-state index >= 15 is 0 Å². The highest BCUT2D eigenvalue weighted by molar-refractivity contribution is 5.99. The molecule has 2 heterocycles. The van der Waals surface area contributed by atoms with Crippen LogP contribution in [0.25, 0.3) is 11.0 Å². The van der Waals surface area contributed by atoms with Crippen molar-refractivity contribution in [3.05, 3.63) is 58.4 Å². The van der Waals surface area contributed by atoms with Crippen LogP contribution < -0.4 is 16.4 Å². The van der Waals surface area contributed by atoms with Crippen molar-refractivity contribution in [2.75, 3.05) is 6.54 Å². The summed E-state index contributed by atoms with van der Waals surface area (Å²) >= 11 is 0. The molecule has 1 aromatic carbocycles. The van der Waals surface area contributed by atoms with Crippen molar-refractivity contribution in [1.29, 1.82) is 0 Å². The first-order valence-corrected chi connectivity index (χ1v) is 9.01. The third-order valence-electron chi connectivity index (χ3n) is 4.53. The Morgan fingerprint density at radius 3 is 2.38 bits per heavy atom.